The van der Waals surface area contributed by atoms with E-state index in [2.05, 4.69) is 42.6 Å². The van der Waals surface area contributed by atoms with Crippen molar-refractivity contribution in [2.24, 2.45) is 0 Å². The first kappa shape index (κ1) is 19.3. The molecule has 31 heavy (non-hydrogen) atoms. The molecule has 0 amide bonds. The van der Waals surface area contributed by atoms with Crippen LogP contribution in [-0.4, -0.2) is 14.6 Å². The molecule has 0 radical (unpaired) electrons. The zero-order valence-electron chi connectivity index (χ0n) is 17.3. The molecular weight excluding hydrogens is 404 g/mol. The third-order valence-corrected chi connectivity index (χ3v) is 5.51. The van der Waals surface area contributed by atoms with Gasteiger partial charge in [0.25, 0.3) is 0 Å². The van der Waals surface area contributed by atoms with E-state index in [1.54, 1.807) is 0 Å². The number of benzene rings is 3. The minimum absolute atomic E-state index is 0.706. The first-order valence-electron chi connectivity index (χ1n) is 10.1. The Morgan fingerprint density at radius 3 is 2.32 bits per heavy atom. The first-order chi connectivity index (χ1) is 15.1. The van der Waals surface area contributed by atoms with E-state index < -0.39 is 0 Å². The molecule has 0 aliphatic rings. The van der Waals surface area contributed by atoms with Gasteiger partial charge in [-0.15, -0.1) is 0 Å². The second kappa shape index (κ2) is 7.89. The quantitative estimate of drug-likeness (QED) is 0.335. The summed E-state index contributed by atoms with van der Waals surface area (Å²) >= 11 is 6.12. The molecule has 0 atom stereocenters. The van der Waals surface area contributed by atoms with Gasteiger partial charge >= 0.3 is 0 Å². The molecule has 2 aromatic heterocycles. The summed E-state index contributed by atoms with van der Waals surface area (Å²) in [6.07, 6.45) is 0. The fourth-order valence-corrected chi connectivity index (χ4v) is 3.92. The van der Waals surface area contributed by atoms with Crippen LogP contribution in [-0.2, 0) is 0 Å². The van der Waals surface area contributed by atoms with Crippen molar-refractivity contribution in [3.63, 3.8) is 0 Å². The van der Waals surface area contributed by atoms with Gasteiger partial charge < -0.3 is 5.32 Å². The van der Waals surface area contributed by atoms with E-state index in [0.717, 1.165) is 45.2 Å². The summed E-state index contributed by atoms with van der Waals surface area (Å²) in [5, 5.41) is 9.07. The Morgan fingerprint density at radius 1 is 0.806 bits per heavy atom. The molecule has 0 aliphatic heterocycles. The Hall–Kier alpha value is -3.63. The summed E-state index contributed by atoms with van der Waals surface area (Å²) in [6.45, 7) is 4.09. The second-order valence-electron chi connectivity index (χ2n) is 7.59. The van der Waals surface area contributed by atoms with Crippen molar-refractivity contribution in [2.75, 3.05) is 5.32 Å². The number of fused-ring (bicyclic) bond motifs is 1. The van der Waals surface area contributed by atoms with E-state index in [-0.39, 0.29) is 0 Å². The maximum Gasteiger partial charge on any atom is 0.166 e. The number of nitrogens with one attached hydrogen (secondary N) is 1. The SMILES string of the molecule is Cc1cccc(Nc2cc(-c3ccccc3)nc3c(-c4ccc(Cl)cc4)c(C)nn23)c1. The number of aryl methyl sites for hydroxylation is 2. The van der Waals surface area contributed by atoms with Crippen LogP contribution >= 0.6 is 11.6 Å². The smallest absolute Gasteiger partial charge is 0.166 e. The third kappa shape index (κ3) is 3.78. The molecule has 0 fully saturated rings. The highest BCUT2D eigenvalue weighted by atomic mass is 35.5. The van der Waals surface area contributed by atoms with Gasteiger partial charge in [0, 0.05) is 27.9 Å². The van der Waals surface area contributed by atoms with E-state index in [1.807, 2.05) is 66.0 Å². The first-order valence-corrected chi connectivity index (χ1v) is 10.5. The van der Waals surface area contributed by atoms with Gasteiger partial charge in [-0.25, -0.2) is 4.98 Å². The number of aromatic nitrogens is 3. The van der Waals surface area contributed by atoms with Crippen LogP contribution in [0.4, 0.5) is 11.5 Å². The lowest BCUT2D eigenvalue weighted by molar-refractivity contribution is 0.926. The molecule has 0 unspecified atom stereocenters. The molecule has 0 saturated carbocycles. The predicted octanol–water partition coefficient (Wildman–Crippen LogP) is 7.08. The highest BCUT2D eigenvalue weighted by Gasteiger charge is 2.17. The zero-order valence-corrected chi connectivity index (χ0v) is 18.1. The fraction of sp³-hybridized carbons (Fsp3) is 0.0769. The molecule has 0 bridgehead atoms. The maximum absolute atomic E-state index is 6.12. The van der Waals surface area contributed by atoms with E-state index in [0.29, 0.717) is 5.02 Å². The van der Waals surface area contributed by atoms with Gasteiger partial charge in [-0.2, -0.15) is 9.61 Å². The van der Waals surface area contributed by atoms with E-state index >= 15 is 0 Å². The summed E-state index contributed by atoms with van der Waals surface area (Å²) in [5.74, 6) is 0.859. The third-order valence-electron chi connectivity index (χ3n) is 5.26. The van der Waals surface area contributed by atoms with Crippen LogP contribution in [0.5, 0.6) is 0 Å². The Bertz CT molecular complexity index is 1370. The van der Waals surface area contributed by atoms with Crippen molar-refractivity contribution >= 4 is 28.8 Å². The van der Waals surface area contributed by atoms with Gasteiger partial charge in [0.2, 0.25) is 0 Å². The molecule has 1 N–H and O–H groups in total. The van der Waals surface area contributed by atoms with Crippen molar-refractivity contribution in [2.45, 2.75) is 13.8 Å². The number of hydrogen-bond donors (Lipinski definition) is 1. The lowest BCUT2D eigenvalue weighted by atomic mass is 10.1. The summed E-state index contributed by atoms with van der Waals surface area (Å²) < 4.78 is 1.88. The average molecular weight is 425 g/mol. The van der Waals surface area contributed by atoms with Crippen LogP contribution < -0.4 is 5.32 Å². The molecule has 0 spiro atoms. The highest BCUT2D eigenvalue weighted by Crippen LogP contribution is 2.33. The number of halogens is 1. The Morgan fingerprint density at radius 2 is 1.58 bits per heavy atom. The number of rotatable bonds is 4. The largest absolute Gasteiger partial charge is 0.340 e. The Labute approximate surface area is 186 Å². The maximum atomic E-state index is 6.12. The van der Waals surface area contributed by atoms with Crippen molar-refractivity contribution in [3.05, 3.63) is 101 Å². The summed E-state index contributed by atoms with van der Waals surface area (Å²) in [6, 6.07) is 28.4. The van der Waals surface area contributed by atoms with Gasteiger partial charge in [0.15, 0.2) is 5.65 Å². The molecule has 4 nitrogen and oxygen atoms in total. The van der Waals surface area contributed by atoms with Gasteiger partial charge in [-0.05, 0) is 49.2 Å². The normalized spacial score (nSPS) is 11.1. The van der Waals surface area contributed by atoms with Gasteiger partial charge in [-0.3, -0.25) is 0 Å². The molecule has 3 aromatic carbocycles. The standard InChI is InChI=1S/C26H21ClN4/c1-17-7-6-10-22(15-17)28-24-16-23(19-8-4-3-5-9-19)29-26-25(18(2)30-31(24)26)20-11-13-21(27)14-12-20/h3-16,28H,1-2H3. The zero-order chi connectivity index (χ0) is 21.4. The van der Waals surface area contributed by atoms with Crippen LogP contribution in [0.1, 0.15) is 11.3 Å². The Balaban J connectivity index is 1.75. The number of anilines is 2. The van der Waals surface area contributed by atoms with Gasteiger partial charge in [-0.1, -0.05) is 66.2 Å². The average Bonchev–Trinajstić information content (AvgIpc) is 3.11. The highest BCUT2D eigenvalue weighted by molar-refractivity contribution is 6.30. The lowest BCUT2D eigenvalue weighted by Gasteiger charge is -2.12. The summed E-state index contributed by atoms with van der Waals surface area (Å²) in [4.78, 5) is 5.01. The molecule has 2 heterocycles. The monoisotopic (exact) mass is 424 g/mol. The van der Waals surface area contributed by atoms with Crippen molar-refractivity contribution in [1.29, 1.82) is 0 Å². The van der Waals surface area contributed by atoms with Crippen LogP contribution in [0, 0.1) is 13.8 Å². The fourth-order valence-electron chi connectivity index (χ4n) is 3.79. The van der Waals surface area contributed by atoms with Crippen LogP contribution in [0.3, 0.4) is 0 Å². The van der Waals surface area contributed by atoms with Crippen LogP contribution in [0.15, 0.2) is 84.9 Å². The second-order valence-corrected chi connectivity index (χ2v) is 8.03. The minimum Gasteiger partial charge on any atom is -0.340 e. The predicted molar refractivity (Wildman–Crippen MR) is 128 cm³/mol. The molecule has 0 aliphatic carbocycles. The van der Waals surface area contributed by atoms with Crippen LogP contribution in [0.25, 0.3) is 28.0 Å². The molecule has 5 rings (SSSR count). The lowest BCUT2D eigenvalue weighted by Crippen LogP contribution is -2.03. The number of hydrogen-bond acceptors (Lipinski definition) is 3. The molecule has 5 aromatic rings. The minimum atomic E-state index is 0.706. The van der Waals surface area contributed by atoms with E-state index in [1.165, 1.54) is 5.56 Å². The molecule has 5 heteroatoms. The van der Waals surface area contributed by atoms with E-state index in [9.17, 15) is 0 Å². The van der Waals surface area contributed by atoms with Gasteiger partial charge in [0.1, 0.15) is 5.82 Å². The molecule has 152 valence electrons. The molecule has 0 saturated heterocycles. The number of nitrogens with zero attached hydrogens (tertiary/aromatic N) is 3. The van der Waals surface area contributed by atoms with E-state index in [4.69, 9.17) is 21.7 Å². The van der Waals surface area contributed by atoms with Crippen molar-refractivity contribution < 1.29 is 0 Å². The Kier molecular flexibility index (Phi) is 4.92. The summed E-state index contributed by atoms with van der Waals surface area (Å²) in [7, 11) is 0. The van der Waals surface area contributed by atoms with Gasteiger partial charge in [0.05, 0.1) is 11.4 Å². The van der Waals surface area contributed by atoms with Crippen LogP contribution in [0.2, 0.25) is 5.02 Å². The topological polar surface area (TPSA) is 42.2 Å². The molecular formula is C26H21ClN4. The van der Waals surface area contributed by atoms with Crippen molar-refractivity contribution in [1.82, 2.24) is 14.6 Å². The van der Waals surface area contributed by atoms with Crippen molar-refractivity contribution in [3.8, 4) is 22.4 Å². The summed E-state index contributed by atoms with van der Waals surface area (Å²) in [5.41, 5.74) is 7.89.